The molecule has 0 saturated heterocycles. The molecule has 0 spiro atoms. The Morgan fingerprint density at radius 1 is 1.50 bits per heavy atom. The fraction of sp³-hybridized carbons (Fsp3) is 0.538. The SMILES string of the molecule is CCc1ccc(O[C@H]2CCC[C@@H]2O)c([N+](=O)[O-])c1. The van der Waals surface area contributed by atoms with E-state index in [1.807, 2.05) is 13.0 Å². The van der Waals surface area contributed by atoms with Gasteiger partial charge in [-0.2, -0.15) is 0 Å². The van der Waals surface area contributed by atoms with Gasteiger partial charge in [0.25, 0.3) is 0 Å². The van der Waals surface area contributed by atoms with Gasteiger partial charge < -0.3 is 9.84 Å². The van der Waals surface area contributed by atoms with Crippen molar-refractivity contribution in [3.05, 3.63) is 33.9 Å². The van der Waals surface area contributed by atoms with Gasteiger partial charge in [-0.1, -0.05) is 13.0 Å². The summed E-state index contributed by atoms with van der Waals surface area (Å²) in [5, 5.41) is 20.7. The second-order valence-corrected chi connectivity index (χ2v) is 4.57. The first-order valence-electron chi connectivity index (χ1n) is 6.24. The van der Waals surface area contributed by atoms with E-state index in [0.29, 0.717) is 6.42 Å². The van der Waals surface area contributed by atoms with Crippen molar-refractivity contribution in [1.29, 1.82) is 0 Å². The van der Waals surface area contributed by atoms with Crippen molar-refractivity contribution < 1.29 is 14.8 Å². The summed E-state index contributed by atoms with van der Waals surface area (Å²) in [6, 6.07) is 4.99. The van der Waals surface area contributed by atoms with Crippen LogP contribution < -0.4 is 4.74 Å². The van der Waals surface area contributed by atoms with E-state index in [-0.39, 0.29) is 17.5 Å². The Kier molecular flexibility index (Phi) is 3.81. The highest BCUT2D eigenvalue weighted by molar-refractivity contribution is 5.48. The molecule has 1 aromatic rings. The van der Waals surface area contributed by atoms with Crippen LogP contribution in [0.1, 0.15) is 31.7 Å². The standard InChI is InChI=1S/C13H17NO4/c1-2-9-6-7-12(10(8-9)14(16)17)18-13-5-3-4-11(13)15/h6-8,11,13,15H,2-5H2,1H3/t11-,13-/m0/s1. The predicted octanol–water partition coefficient (Wildman–Crippen LogP) is 2.45. The van der Waals surface area contributed by atoms with E-state index in [4.69, 9.17) is 4.74 Å². The highest BCUT2D eigenvalue weighted by Gasteiger charge is 2.29. The molecule has 1 N–H and O–H groups in total. The second-order valence-electron chi connectivity index (χ2n) is 4.57. The van der Waals surface area contributed by atoms with Crippen molar-refractivity contribution in [3.8, 4) is 5.75 Å². The van der Waals surface area contributed by atoms with Crippen LogP contribution in [-0.2, 0) is 6.42 Å². The molecule has 98 valence electrons. The minimum Gasteiger partial charge on any atom is -0.481 e. The molecule has 0 amide bonds. The smallest absolute Gasteiger partial charge is 0.311 e. The van der Waals surface area contributed by atoms with Gasteiger partial charge in [0.15, 0.2) is 5.75 Å². The van der Waals surface area contributed by atoms with Crippen LogP contribution in [-0.4, -0.2) is 22.2 Å². The molecule has 1 aliphatic rings. The maximum absolute atomic E-state index is 11.0. The number of rotatable bonds is 4. The lowest BCUT2D eigenvalue weighted by atomic mass is 10.1. The summed E-state index contributed by atoms with van der Waals surface area (Å²) in [6.07, 6.45) is 2.24. The van der Waals surface area contributed by atoms with E-state index < -0.39 is 11.0 Å². The molecule has 5 heteroatoms. The molecule has 0 unspecified atom stereocenters. The van der Waals surface area contributed by atoms with Crippen molar-refractivity contribution in [2.24, 2.45) is 0 Å². The predicted molar refractivity (Wildman–Crippen MR) is 66.7 cm³/mol. The minimum atomic E-state index is -0.518. The first kappa shape index (κ1) is 12.8. The number of aliphatic hydroxyl groups excluding tert-OH is 1. The van der Waals surface area contributed by atoms with Crippen LogP contribution in [0, 0.1) is 10.1 Å². The Balaban J connectivity index is 2.23. The quantitative estimate of drug-likeness (QED) is 0.659. The molecule has 0 aliphatic heterocycles. The summed E-state index contributed by atoms with van der Waals surface area (Å²) in [4.78, 5) is 10.6. The summed E-state index contributed by atoms with van der Waals surface area (Å²) in [5.74, 6) is 0.253. The van der Waals surface area contributed by atoms with Gasteiger partial charge in [0.1, 0.15) is 6.10 Å². The summed E-state index contributed by atoms with van der Waals surface area (Å²) in [7, 11) is 0. The van der Waals surface area contributed by atoms with Crippen LogP contribution in [0.25, 0.3) is 0 Å². The largest absolute Gasteiger partial charge is 0.481 e. The molecule has 1 saturated carbocycles. The Morgan fingerprint density at radius 2 is 2.28 bits per heavy atom. The van der Waals surface area contributed by atoms with Crippen LogP contribution in [0.3, 0.4) is 0 Å². The lowest BCUT2D eigenvalue weighted by molar-refractivity contribution is -0.386. The number of hydrogen-bond donors (Lipinski definition) is 1. The van der Waals surface area contributed by atoms with E-state index in [1.54, 1.807) is 6.07 Å². The van der Waals surface area contributed by atoms with Crippen LogP contribution in [0.2, 0.25) is 0 Å². The number of ether oxygens (including phenoxy) is 1. The first-order valence-corrected chi connectivity index (χ1v) is 6.24. The monoisotopic (exact) mass is 251 g/mol. The molecule has 0 radical (unpaired) electrons. The van der Waals surface area contributed by atoms with Gasteiger partial charge in [-0.3, -0.25) is 10.1 Å². The maximum Gasteiger partial charge on any atom is 0.311 e. The number of nitro groups is 1. The Morgan fingerprint density at radius 3 is 2.83 bits per heavy atom. The highest BCUT2D eigenvalue weighted by Crippen LogP contribution is 2.32. The number of nitrogens with zero attached hydrogens (tertiary/aromatic N) is 1. The fourth-order valence-electron chi connectivity index (χ4n) is 2.23. The molecule has 18 heavy (non-hydrogen) atoms. The van der Waals surface area contributed by atoms with Gasteiger partial charge in [0.2, 0.25) is 0 Å². The number of hydrogen-bond acceptors (Lipinski definition) is 4. The van der Waals surface area contributed by atoms with E-state index in [0.717, 1.165) is 24.8 Å². The molecule has 0 heterocycles. The molecule has 0 bridgehead atoms. The van der Waals surface area contributed by atoms with Gasteiger partial charge in [0, 0.05) is 6.07 Å². The van der Waals surface area contributed by atoms with Gasteiger partial charge in [-0.25, -0.2) is 0 Å². The lowest BCUT2D eigenvalue weighted by Gasteiger charge is -2.17. The summed E-state index contributed by atoms with van der Waals surface area (Å²) < 4.78 is 5.59. The molecule has 2 rings (SSSR count). The summed E-state index contributed by atoms with van der Waals surface area (Å²) in [5.41, 5.74) is 0.884. The van der Waals surface area contributed by atoms with Gasteiger partial charge >= 0.3 is 5.69 Å². The van der Waals surface area contributed by atoms with E-state index in [2.05, 4.69) is 0 Å². The van der Waals surface area contributed by atoms with Crippen molar-refractivity contribution >= 4 is 5.69 Å². The third-order valence-corrected chi connectivity index (χ3v) is 3.32. The van der Waals surface area contributed by atoms with Gasteiger partial charge in [-0.05, 0) is 37.3 Å². The highest BCUT2D eigenvalue weighted by atomic mass is 16.6. The second kappa shape index (κ2) is 5.35. The molecule has 0 aromatic heterocycles. The number of benzene rings is 1. The molecule has 1 fully saturated rings. The van der Waals surface area contributed by atoms with Crippen molar-refractivity contribution in [2.45, 2.75) is 44.8 Å². The minimum absolute atomic E-state index is 0.0200. The number of aliphatic hydroxyl groups is 1. The van der Waals surface area contributed by atoms with E-state index in [1.165, 1.54) is 6.07 Å². The van der Waals surface area contributed by atoms with Gasteiger partial charge in [-0.15, -0.1) is 0 Å². The van der Waals surface area contributed by atoms with Crippen LogP contribution in [0.15, 0.2) is 18.2 Å². The number of nitro benzene ring substituents is 1. The van der Waals surface area contributed by atoms with Crippen LogP contribution >= 0.6 is 0 Å². The van der Waals surface area contributed by atoms with Crippen molar-refractivity contribution in [1.82, 2.24) is 0 Å². The maximum atomic E-state index is 11.0. The molecular formula is C13H17NO4. The molecular weight excluding hydrogens is 234 g/mol. The average Bonchev–Trinajstić information content (AvgIpc) is 2.75. The average molecular weight is 251 g/mol. The van der Waals surface area contributed by atoms with E-state index in [9.17, 15) is 15.2 Å². The lowest BCUT2D eigenvalue weighted by Crippen LogP contribution is -2.25. The summed E-state index contributed by atoms with van der Waals surface area (Å²) >= 11 is 0. The van der Waals surface area contributed by atoms with E-state index >= 15 is 0 Å². The normalized spacial score (nSPS) is 23.0. The van der Waals surface area contributed by atoms with Gasteiger partial charge in [0.05, 0.1) is 11.0 Å². The zero-order chi connectivity index (χ0) is 13.1. The molecule has 5 nitrogen and oxygen atoms in total. The zero-order valence-corrected chi connectivity index (χ0v) is 10.3. The van der Waals surface area contributed by atoms with Crippen LogP contribution in [0.5, 0.6) is 5.75 Å². The fourth-order valence-corrected chi connectivity index (χ4v) is 2.23. The Bertz CT molecular complexity index is 447. The Labute approximate surface area is 106 Å². The van der Waals surface area contributed by atoms with Crippen LogP contribution in [0.4, 0.5) is 5.69 Å². The third kappa shape index (κ3) is 2.61. The summed E-state index contributed by atoms with van der Waals surface area (Å²) in [6.45, 7) is 1.94. The Hall–Kier alpha value is -1.62. The molecule has 2 atom stereocenters. The topological polar surface area (TPSA) is 72.6 Å². The van der Waals surface area contributed by atoms with Crippen molar-refractivity contribution in [3.63, 3.8) is 0 Å². The molecule has 1 aliphatic carbocycles. The van der Waals surface area contributed by atoms with Crippen molar-refractivity contribution in [2.75, 3.05) is 0 Å². The first-order chi connectivity index (χ1) is 8.61. The zero-order valence-electron chi connectivity index (χ0n) is 10.3. The molecule has 1 aromatic carbocycles. The third-order valence-electron chi connectivity index (χ3n) is 3.32. The number of aryl methyl sites for hydroxylation is 1.